The Morgan fingerprint density at radius 3 is 3.00 bits per heavy atom. The number of carbonyl (C=O) groups is 1. The van der Waals surface area contributed by atoms with Crippen molar-refractivity contribution in [3.63, 3.8) is 0 Å². The van der Waals surface area contributed by atoms with Gasteiger partial charge in [0.1, 0.15) is 12.0 Å². The smallest absolute Gasteiger partial charge is 0.313 e. The van der Waals surface area contributed by atoms with Gasteiger partial charge in [0.25, 0.3) is 5.88 Å². The zero-order valence-corrected chi connectivity index (χ0v) is 9.87. The molecule has 2 rings (SSSR count). The Bertz CT molecular complexity index is 620. The lowest BCUT2D eigenvalue weighted by molar-refractivity contribution is 0.112. The van der Waals surface area contributed by atoms with Crippen LogP contribution >= 0.6 is 0 Å². The third kappa shape index (κ3) is 2.45. The second kappa shape index (κ2) is 5.27. The standard InChI is InChI=1S/C13H12N2O3/c1-2-15-7-6-14-12(13(15)17)18-11-5-3-4-10(8-11)9-16/h3-9H,2H2,1H3. The van der Waals surface area contributed by atoms with E-state index in [0.717, 1.165) is 6.29 Å². The molecule has 1 heterocycles. The van der Waals surface area contributed by atoms with Crippen LogP contribution in [-0.2, 0) is 6.54 Å². The highest BCUT2D eigenvalue weighted by atomic mass is 16.5. The summed E-state index contributed by atoms with van der Waals surface area (Å²) in [6, 6.07) is 6.55. The molecule has 0 aliphatic heterocycles. The van der Waals surface area contributed by atoms with Gasteiger partial charge in [-0.3, -0.25) is 9.59 Å². The van der Waals surface area contributed by atoms with Crippen molar-refractivity contribution in [3.8, 4) is 11.6 Å². The molecule has 0 atom stereocenters. The fourth-order valence-corrected chi connectivity index (χ4v) is 1.51. The summed E-state index contributed by atoms with van der Waals surface area (Å²) in [5.74, 6) is 0.417. The maximum atomic E-state index is 11.9. The molecule has 0 amide bonds. The van der Waals surface area contributed by atoms with E-state index in [1.807, 2.05) is 6.92 Å². The average Bonchev–Trinajstić information content (AvgIpc) is 2.41. The average molecular weight is 244 g/mol. The normalized spacial score (nSPS) is 10.1. The van der Waals surface area contributed by atoms with Crippen LogP contribution < -0.4 is 10.3 Å². The molecule has 0 unspecified atom stereocenters. The zero-order valence-electron chi connectivity index (χ0n) is 9.87. The number of nitrogens with zero attached hydrogens (tertiary/aromatic N) is 2. The van der Waals surface area contributed by atoms with Gasteiger partial charge in [-0.15, -0.1) is 0 Å². The monoisotopic (exact) mass is 244 g/mol. The number of ether oxygens (including phenoxy) is 1. The molecule has 0 saturated carbocycles. The van der Waals surface area contributed by atoms with Gasteiger partial charge >= 0.3 is 5.56 Å². The van der Waals surface area contributed by atoms with Gasteiger partial charge in [-0.2, -0.15) is 0 Å². The largest absolute Gasteiger partial charge is 0.435 e. The van der Waals surface area contributed by atoms with E-state index in [2.05, 4.69) is 4.98 Å². The fourth-order valence-electron chi connectivity index (χ4n) is 1.51. The van der Waals surface area contributed by atoms with E-state index in [4.69, 9.17) is 4.74 Å². The SMILES string of the molecule is CCn1ccnc(Oc2cccc(C=O)c2)c1=O. The minimum absolute atomic E-state index is 0.00222. The van der Waals surface area contributed by atoms with E-state index >= 15 is 0 Å². The summed E-state index contributed by atoms with van der Waals surface area (Å²) in [7, 11) is 0. The second-order valence-electron chi connectivity index (χ2n) is 3.62. The Morgan fingerprint density at radius 2 is 2.28 bits per heavy atom. The highest BCUT2D eigenvalue weighted by Crippen LogP contribution is 2.16. The van der Waals surface area contributed by atoms with E-state index in [1.54, 1.807) is 30.5 Å². The van der Waals surface area contributed by atoms with E-state index in [9.17, 15) is 9.59 Å². The molecular weight excluding hydrogens is 232 g/mol. The molecule has 0 aliphatic rings. The molecule has 0 aliphatic carbocycles. The number of rotatable bonds is 4. The molecule has 0 bridgehead atoms. The summed E-state index contributed by atoms with van der Waals surface area (Å²) < 4.78 is 6.88. The number of aldehydes is 1. The molecule has 0 radical (unpaired) electrons. The van der Waals surface area contributed by atoms with Crippen LogP contribution in [0.4, 0.5) is 0 Å². The van der Waals surface area contributed by atoms with Gasteiger partial charge in [0.2, 0.25) is 0 Å². The highest BCUT2D eigenvalue weighted by Gasteiger charge is 2.06. The Morgan fingerprint density at radius 1 is 1.44 bits per heavy atom. The van der Waals surface area contributed by atoms with Crippen molar-refractivity contribution >= 4 is 6.29 Å². The lowest BCUT2D eigenvalue weighted by atomic mass is 10.2. The predicted octanol–water partition coefficient (Wildman–Crippen LogP) is 1.87. The summed E-state index contributed by atoms with van der Waals surface area (Å²) in [6.07, 6.45) is 3.82. The van der Waals surface area contributed by atoms with Crippen molar-refractivity contribution in [2.45, 2.75) is 13.5 Å². The van der Waals surface area contributed by atoms with Crippen LogP contribution in [0.1, 0.15) is 17.3 Å². The maximum absolute atomic E-state index is 11.9. The van der Waals surface area contributed by atoms with Crippen molar-refractivity contribution in [2.75, 3.05) is 0 Å². The molecule has 0 N–H and O–H groups in total. The lowest BCUT2D eigenvalue weighted by Gasteiger charge is -2.06. The minimum Gasteiger partial charge on any atom is -0.435 e. The van der Waals surface area contributed by atoms with Gasteiger partial charge in [-0.1, -0.05) is 12.1 Å². The van der Waals surface area contributed by atoms with Crippen LogP contribution in [0.5, 0.6) is 11.6 Å². The van der Waals surface area contributed by atoms with Crippen LogP contribution in [0.25, 0.3) is 0 Å². The quantitative estimate of drug-likeness (QED) is 0.770. The van der Waals surface area contributed by atoms with Crippen LogP contribution in [0.2, 0.25) is 0 Å². The Balaban J connectivity index is 2.34. The van der Waals surface area contributed by atoms with Crippen LogP contribution in [-0.4, -0.2) is 15.8 Å². The molecule has 0 saturated heterocycles. The van der Waals surface area contributed by atoms with E-state index in [0.29, 0.717) is 17.9 Å². The van der Waals surface area contributed by atoms with Gasteiger partial charge < -0.3 is 9.30 Å². The Labute approximate surface area is 104 Å². The molecule has 1 aromatic carbocycles. The molecule has 0 fully saturated rings. The first kappa shape index (κ1) is 12.0. The van der Waals surface area contributed by atoms with Crippen LogP contribution in [0.15, 0.2) is 41.5 Å². The van der Waals surface area contributed by atoms with Gasteiger partial charge in [0.15, 0.2) is 0 Å². The van der Waals surface area contributed by atoms with E-state index < -0.39 is 0 Å². The van der Waals surface area contributed by atoms with Gasteiger partial charge in [0, 0.05) is 24.5 Å². The molecule has 1 aromatic heterocycles. The highest BCUT2D eigenvalue weighted by molar-refractivity contribution is 5.75. The third-order valence-corrected chi connectivity index (χ3v) is 2.43. The number of hydrogen-bond acceptors (Lipinski definition) is 4. The Hall–Kier alpha value is -2.43. The number of benzene rings is 1. The van der Waals surface area contributed by atoms with Gasteiger partial charge in [0.05, 0.1) is 0 Å². The molecule has 18 heavy (non-hydrogen) atoms. The number of aryl methyl sites for hydroxylation is 1. The summed E-state index contributed by atoms with van der Waals surface area (Å²) in [6.45, 7) is 2.41. The molecule has 5 nitrogen and oxygen atoms in total. The summed E-state index contributed by atoms with van der Waals surface area (Å²) in [4.78, 5) is 26.4. The molecule has 92 valence electrons. The summed E-state index contributed by atoms with van der Waals surface area (Å²) in [5.41, 5.74) is 0.191. The van der Waals surface area contributed by atoms with Gasteiger partial charge in [-0.25, -0.2) is 4.98 Å². The first-order valence-electron chi connectivity index (χ1n) is 5.53. The molecule has 0 spiro atoms. The van der Waals surface area contributed by atoms with Crippen molar-refractivity contribution in [2.24, 2.45) is 0 Å². The molecular formula is C13H12N2O3. The van der Waals surface area contributed by atoms with Crippen LogP contribution in [0, 0.1) is 0 Å². The first-order valence-corrected chi connectivity index (χ1v) is 5.53. The van der Waals surface area contributed by atoms with Gasteiger partial charge in [-0.05, 0) is 19.1 Å². The zero-order chi connectivity index (χ0) is 13.0. The Kier molecular flexibility index (Phi) is 3.52. The fraction of sp³-hybridized carbons (Fsp3) is 0.154. The summed E-state index contributed by atoms with van der Waals surface area (Å²) >= 11 is 0. The van der Waals surface area contributed by atoms with Crippen molar-refractivity contribution < 1.29 is 9.53 Å². The number of carbonyl (C=O) groups excluding carboxylic acids is 1. The minimum atomic E-state index is -0.295. The molecule has 2 aromatic rings. The van der Waals surface area contributed by atoms with Crippen molar-refractivity contribution in [1.82, 2.24) is 9.55 Å². The van der Waals surface area contributed by atoms with E-state index in [1.165, 1.54) is 10.8 Å². The topological polar surface area (TPSA) is 61.2 Å². The van der Waals surface area contributed by atoms with E-state index in [-0.39, 0.29) is 11.4 Å². The van der Waals surface area contributed by atoms with Crippen molar-refractivity contribution in [3.05, 3.63) is 52.6 Å². The second-order valence-corrected chi connectivity index (χ2v) is 3.62. The lowest BCUT2D eigenvalue weighted by Crippen LogP contribution is -2.20. The maximum Gasteiger partial charge on any atom is 0.313 e. The third-order valence-electron chi connectivity index (χ3n) is 2.43. The van der Waals surface area contributed by atoms with Crippen LogP contribution in [0.3, 0.4) is 0 Å². The number of hydrogen-bond donors (Lipinski definition) is 0. The number of aromatic nitrogens is 2. The van der Waals surface area contributed by atoms with Crippen molar-refractivity contribution in [1.29, 1.82) is 0 Å². The summed E-state index contributed by atoms with van der Waals surface area (Å²) in [5, 5.41) is 0. The predicted molar refractivity (Wildman–Crippen MR) is 66.1 cm³/mol. The first-order chi connectivity index (χ1) is 8.74. The molecule has 5 heteroatoms.